The summed E-state index contributed by atoms with van der Waals surface area (Å²) in [4.78, 5) is 12.3. The van der Waals surface area contributed by atoms with Gasteiger partial charge < -0.3 is 15.2 Å². The highest BCUT2D eigenvalue weighted by molar-refractivity contribution is 5.24. The molecule has 112 valence electrons. The number of rotatable bonds is 3. The van der Waals surface area contributed by atoms with E-state index < -0.39 is 0 Å². The Morgan fingerprint density at radius 2 is 2.00 bits per heavy atom. The van der Waals surface area contributed by atoms with Crippen LogP contribution in [0.25, 0.3) is 5.95 Å². The van der Waals surface area contributed by atoms with Gasteiger partial charge >= 0.3 is 6.01 Å². The van der Waals surface area contributed by atoms with Crippen LogP contribution in [-0.4, -0.2) is 43.0 Å². The van der Waals surface area contributed by atoms with Gasteiger partial charge in [0.1, 0.15) is 6.10 Å². The first kappa shape index (κ1) is 13.7. The number of hydrogen-bond donors (Lipinski definition) is 1. The van der Waals surface area contributed by atoms with Crippen LogP contribution >= 0.6 is 0 Å². The lowest BCUT2D eigenvalue weighted by Crippen LogP contribution is -2.36. The molecule has 3 rings (SSSR count). The van der Waals surface area contributed by atoms with Gasteiger partial charge in [-0.2, -0.15) is 20.1 Å². The van der Waals surface area contributed by atoms with Crippen molar-refractivity contribution >= 4 is 5.95 Å². The van der Waals surface area contributed by atoms with Crippen molar-refractivity contribution in [1.29, 1.82) is 0 Å². The largest absolute Gasteiger partial charge is 0.460 e. The van der Waals surface area contributed by atoms with Crippen molar-refractivity contribution in [1.82, 2.24) is 24.7 Å². The summed E-state index contributed by atoms with van der Waals surface area (Å²) in [7, 11) is 0. The van der Waals surface area contributed by atoms with Crippen molar-refractivity contribution in [3.05, 3.63) is 18.5 Å². The summed E-state index contributed by atoms with van der Waals surface area (Å²) in [5.74, 6) is 0.453. The second-order valence-corrected chi connectivity index (χ2v) is 5.20. The highest BCUT2D eigenvalue weighted by Gasteiger charge is 2.26. The first-order valence-electron chi connectivity index (χ1n) is 6.94. The predicted molar refractivity (Wildman–Crippen MR) is 75.0 cm³/mol. The van der Waals surface area contributed by atoms with E-state index in [0.29, 0.717) is 5.95 Å². The van der Waals surface area contributed by atoms with Gasteiger partial charge in [-0.25, -0.2) is 4.68 Å². The third-order valence-corrected chi connectivity index (χ3v) is 3.26. The summed E-state index contributed by atoms with van der Waals surface area (Å²) in [5.41, 5.74) is 5.72. The van der Waals surface area contributed by atoms with Crippen LogP contribution in [0.3, 0.4) is 0 Å². The zero-order chi connectivity index (χ0) is 14.8. The first-order chi connectivity index (χ1) is 10.1. The Kier molecular flexibility index (Phi) is 3.70. The Morgan fingerprint density at radius 3 is 2.67 bits per heavy atom. The molecule has 8 heteroatoms. The van der Waals surface area contributed by atoms with Crippen molar-refractivity contribution in [3.8, 4) is 12.0 Å². The van der Waals surface area contributed by atoms with E-state index in [4.69, 9.17) is 15.2 Å². The minimum Gasteiger partial charge on any atom is -0.460 e. The molecule has 0 aromatic carbocycles. The number of ether oxygens (including phenoxy) is 2. The number of nitrogens with two attached hydrogens (primary N) is 1. The first-order valence-corrected chi connectivity index (χ1v) is 6.94. The van der Waals surface area contributed by atoms with Crippen LogP contribution in [-0.2, 0) is 4.74 Å². The smallest absolute Gasteiger partial charge is 0.323 e. The molecular weight excluding hydrogens is 272 g/mol. The standard InChI is InChI=1S/C13H18N6O2/c1-8-6-10(7-9(2)20-8)21-13-17-11(14)16-12(18-13)19-5-3-4-15-19/h3-5,8-10H,6-7H2,1-2H3,(H2,14,16,17,18). The normalized spacial score (nSPS) is 25.7. The van der Waals surface area contributed by atoms with Gasteiger partial charge in [-0.1, -0.05) is 0 Å². The lowest BCUT2D eigenvalue weighted by Gasteiger charge is -2.31. The fraction of sp³-hybridized carbons (Fsp3) is 0.538. The summed E-state index contributed by atoms with van der Waals surface area (Å²) in [6.45, 7) is 4.06. The Hall–Kier alpha value is -2.22. The number of aromatic nitrogens is 5. The molecule has 2 N–H and O–H groups in total. The average molecular weight is 290 g/mol. The van der Waals surface area contributed by atoms with Crippen molar-refractivity contribution < 1.29 is 9.47 Å². The van der Waals surface area contributed by atoms with Gasteiger partial charge in [0.05, 0.1) is 12.2 Å². The fourth-order valence-corrected chi connectivity index (χ4v) is 2.49. The van der Waals surface area contributed by atoms with Crippen LogP contribution in [0.1, 0.15) is 26.7 Å². The van der Waals surface area contributed by atoms with Gasteiger partial charge in [-0.15, -0.1) is 0 Å². The lowest BCUT2D eigenvalue weighted by molar-refractivity contribution is -0.0738. The molecule has 0 saturated carbocycles. The molecule has 0 bridgehead atoms. The van der Waals surface area contributed by atoms with Gasteiger partial charge in [0.15, 0.2) is 0 Å². The molecule has 21 heavy (non-hydrogen) atoms. The number of anilines is 1. The zero-order valence-corrected chi connectivity index (χ0v) is 12.0. The Balaban J connectivity index is 1.79. The van der Waals surface area contributed by atoms with Crippen LogP contribution in [0.15, 0.2) is 18.5 Å². The molecule has 2 atom stereocenters. The monoisotopic (exact) mass is 290 g/mol. The van der Waals surface area contributed by atoms with Crippen molar-refractivity contribution in [3.63, 3.8) is 0 Å². The van der Waals surface area contributed by atoms with E-state index in [1.165, 1.54) is 4.68 Å². The summed E-state index contributed by atoms with van der Waals surface area (Å²) >= 11 is 0. The topological polar surface area (TPSA) is 101 Å². The molecular formula is C13H18N6O2. The molecule has 2 aromatic heterocycles. The van der Waals surface area contributed by atoms with E-state index in [1.807, 2.05) is 13.8 Å². The Morgan fingerprint density at radius 1 is 1.24 bits per heavy atom. The maximum Gasteiger partial charge on any atom is 0.323 e. The third kappa shape index (κ3) is 3.27. The molecule has 1 aliphatic heterocycles. The van der Waals surface area contributed by atoms with Gasteiger partial charge in [0.2, 0.25) is 5.95 Å². The highest BCUT2D eigenvalue weighted by Crippen LogP contribution is 2.23. The summed E-state index contributed by atoms with van der Waals surface area (Å²) in [6, 6.07) is 2.00. The van der Waals surface area contributed by atoms with Crippen molar-refractivity contribution in [2.24, 2.45) is 0 Å². The van der Waals surface area contributed by atoms with Gasteiger partial charge in [-0.3, -0.25) is 0 Å². The van der Waals surface area contributed by atoms with Crippen LogP contribution in [0.4, 0.5) is 5.95 Å². The van der Waals surface area contributed by atoms with Crippen molar-refractivity contribution in [2.75, 3.05) is 5.73 Å². The van der Waals surface area contributed by atoms with E-state index in [-0.39, 0.29) is 30.3 Å². The van der Waals surface area contributed by atoms with E-state index in [9.17, 15) is 0 Å². The quantitative estimate of drug-likeness (QED) is 0.898. The van der Waals surface area contributed by atoms with Gasteiger partial charge in [0, 0.05) is 25.2 Å². The second kappa shape index (κ2) is 5.65. The molecule has 2 aromatic rings. The van der Waals surface area contributed by atoms with Crippen LogP contribution in [0, 0.1) is 0 Å². The molecule has 1 saturated heterocycles. The maximum atomic E-state index is 5.85. The van der Waals surface area contributed by atoms with Crippen molar-refractivity contribution in [2.45, 2.75) is 45.0 Å². The summed E-state index contributed by atoms with van der Waals surface area (Å²) in [5, 5.41) is 4.07. The molecule has 0 radical (unpaired) electrons. The van der Waals surface area contributed by atoms with Crippen LogP contribution < -0.4 is 10.5 Å². The minimum atomic E-state index is 0.0102. The van der Waals surface area contributed by atoms with Gasteiger partial charge in [0.25, 0.3) is 5.95 Å². The molecule has 1 aliphatic rings. The lowest BCUT2D eigenvalue weighted by atomic mass is 10.0. The molecule has 2 unspecified atom stereocenters. The van der Waals surface area contributed by atoms with E-state index in [1.54, 1.807) is 18.5 Å². The van der Waals surface area contributed by atoms with Crippen LogP contribution in [0.5, 0.6) is 6.01 Å². The Labute approximate surface area is 122 Å². The number of nitrogens with zero attached hydrogens (tertiary/aromatic N) is 5. The molecule has 1 fully saturated rings. The highest BCUT2D eigenvalue weighted by atomic mass is 16.5. The van der Waals surface area contributed by atoms with Crippen LogP contribution in [0.2, 0.25) is 0 Å². The maximum absolute atomic E-state index is 5.85. The average Bonchev–Trinajstić information content (AvgIpc) is 2.90. The van der Waals surface area contributed by atoms with E-state index >= 15 is 0 Å². The second-order valence-electron chi connectivity index (χ2n) is 5.20. The zero-order valence-electron chi connectivity index (χ0n) is 12.0. The van der Waals surface area contributed by atoms with E-state index in [2.05, 4.69) is 20.1 Å². The molecule has 0 spiro atoms. The molecule has 0 amide bonds. The minimum absolute atomic E-state index is 0.0102. The molecule has 3 heterocycles. The van der Waals surface area contributed by atoms with E-state index in [0.717, 1.165) is 12.8 Å². The number of nitrogen functional groups attached to an aromatic ring is 1. The summed E-state index contributed by atoms with van der Waals surface area (Å²) in [6.07, 6.45) is 5.29. The Bertz CT molecular complexity index is 593. The predicted octanol–water partition coefficient (Wildman–Crippen LogP) is 0.974. The third-order valence-electron chi connectivity index (χ3n) is 3.26. The molecule has 8 nitrogen and oxygen atoms in total. The molecule has 0 aliphatic carbocycles. The van der Waals surface area contributed by atoms with Gasteiger partial charge in [-0.05, 0) is 19.9 Å². The summed E-state index contributed by atoms with van der Waals surface area (Å²) < 4.78 is 13.1. The SMILES string of the molecule is CC1CC(Oc2nc(N)nc(-n3cccn3)n2)CC(C)O1. The fourth-order valence-electron chi connectivity index (χ4n) is 2.49. The number of hydrogen-bond acceptors (Lipinski definition) is 7.